The average molecular weight is 356 g/mol. The van der Waals surface area contributed by atoms with Crippen molar-refractivity contribution in [3.05, 3.63) is 64.6 Å². The van der Waals surface area contributed by atoms with Gasteiger partial charge in [-0.05, 0) is 26.6 Å². The molecule has 2 N–H and O–H groups in total. The van der Waals surface area contributed by atoms with Crippen LogP contribution in [0.2, 0.25) is 0 Å². The van der Waals surface area contributed by atoms with Gasteiger partial charge in [-0.2, -0.15) is 0 Å². The second kappa shape index (κ2) is 7.17. The van der Waals surface area contributed by atoms with E-state index in [9.17, 15) is 14.3 Å². The largest absolute Gasteiger partial charge is 0.505 e. The number of esters is 1. The first kappa shape index (κ1) is 17.9. The average Bonchev–Trinajstić information content (AvgIpc) is 2.93. The number of phenolic OH excluding ortho intramolecular Hbond substituents is 1. The molecule has 0 saturated carbocycles. The molecule has 1 aromatic heterocycles. The highest BCUT2D eigenvalue weighted by molar-refractivity contribution is 6.07. The molecule has 26 heavy (non-hydrogen) atoms. The number of nitrogens with zero attached hydrogens (tertiary/aromatic N) is 1. The SMILES string of the molecule is Cc1[nH]c2cc(F)c(O)c(CN(C)C)c2c1C(=O)OCc1ccccc1. The molecule has 2 aromatic carbocycles. The molecular formula is C20H21FN2O3. The van der Waals surface area contributed by atoms with Crippen molar-refractivity contribution < 1.29 is 19.0 Å². The zero-order chi connectivity index (χ0) is 18.8. The molecule has 1 heterocycles. The summed E-state index contributed by atoms with van der Waals surface area (Å²) in [6.45, 7) is 2.16. The van der Waals surface area contributed by atoms with E-state index in [0.717, 1.165) is 5.56 Å². The van der Waals surface area contributed by atoms with Crippen molar-refractivity contribution in [3.63, 3.8) is 0 Å². The molecule has 0 aliphatic carbocycles. The fourth-order valence-corrected chi connectivity index (χ4v) is 3.05. The van der Waals surface area contributed by atoms with Gasteiger partial charge in [0.05, 0.1) is 5.56 Å². The summed E-state index contributed by atoms with van der Waals surface area (Å²) in [6.07, 6.45) is 0. The van der Waals surface area contributed by atoms with Crippen molar-refractivity contribution in [1.29, 1.82) is 0 Å². The number of nitrogens with one attached hydrogen (secondary N) is 1. The van der Waals surface area contributed by atoms with Gasteiger partial charge in [-0.25, -0.2) is 9.18 Å². The molecule has 0 radical (unpaired) electrons. The smallest absolute Gasteiger partial charge is 0.340 e. The molecule has 0 bridgehead atoms. The van der Waals surface area contributed by atoms with E-state index < -0.39 is 17.5 Å². The summed E-state index contributed by atoms with van der Waals surface area (Å²) in [5.74, 6) is -1.68. The van der Waals surface area contributed by atoms with Crippen LogP contribution >= 0.6 is 0 Å². The van der Waals surface area contributed by atoms with E-state index in [1.807, 2.05) is 44.4 Å². The number of hydrogen-bond donors (Lipinski definition) is 2. The van der Waals surface area contributed by atoms with E-state index in [1.165, 1.54) is 6.07 Å². The normalized spacial score (nSPS) is 11.3. The molecule has 5 nitrogen and oxygen atoms in total. The fraction of sp³-hybridized carbons (Fsp3) is 0.250. The molecule has 6 heteroatoms. The van der Waals surface area contributed by atoms with Crippen LogP contribution in [0.5, 0.6) is 5.75 Å². The highest BCUT2D eigenvalue weighted by Gasteiger charge is 2.24. The van der Waals surface area contributed by atoms with Crippen LogP contribution in [0.15, 0.2) is 36.4 Å². The van der Waals surface area contributed by atoms with Crippen LogP contribution in [-0.4, -0.2) is 35.1 Å². The number of rotatable bonds is 5. The molecule has 0 unspecified atom stereocenters. The number of H-pyrrole nitrogens is 1. The first-order valence-corrected chi connectivity index (χ1v) is 8.27. The summed E-state index contributed by atoms with van der Waals surface area (Å²) >= 11 is 0. The van der Waals surface area contributed by atoms with E-state index >= 15 is 0 Å². The first-order valence-electron chi connectivity index (χ1n) is 8.27. The number of ether oxygens (including phenoxy) is 1. The molecule has 0 fully saturated rings. The lowest BCUT2D eigenvalue weighted by molar-refractivity contribution is 0.0474. The summed E-state index contributed by atoms with van der Waals surface area (Å²) in [6, 6.07) is 10.6. The number of phenols is 1. The lowest BCUT2D eigenvalue weighted by Crippen LogP contribution is -2.13. The minimum Gasteiger partial charge on any atom is -0.505 e. The van der Waals surface area contributed by atoms with Gasteiger partial charge in [0, 0.05) is 34.8 Å². The number of hydrogen-bond acceptors (Lipinski definition) is 4. The highest BCUT2D eigenvalue weighted by Crippen LogP contribution is 2.35. The molecule has 0 amide bonds. The summed E-state index contributed by atoms with van der Waals surface area (Å²) in [4.78, 5) is 17.5. The monoisotopic (exact) mass is 356 g/mol. The number of carbonyl (C=O) groups is 1. The Morgan fingerprint density at radius 3 is 2.62 bits per heavy atom. The Morgan fingerprint density at radius 2 is 1.96 bits per heavy atom. The molecule has 0 spiro atoms. The van der Waals surface area contributed by atoms with Crippen molar-refractivity contribution in [2.24, 2.45) is 0 Å². The van der Waals surface area contributed by atoms with Crippen LogP contribution in [0.25, 0.3) is 10.9 Å². The number of halogens is 1. The molecule has 3 aromatic rings. The number of aryl methyl sites for hydroxylation is 1. The fourth-order valence-electron chi connectivity index (χ4n) is 3.05. The minimum absolute atomic E-state index is 0.141. The first-order chi connectivity index (χ1) is 12.4. The van der Waals surface area contributed by atoms with Crippen molar-refractivity contribution in [3.8, 4) is 5.75 Å². The molecule has 0 aliphatic heterocycles. The highest BCUT2D eigenvalue weighted by atomic mass is 19.1. The van der Waals surface area contributed by atoms with Gasteiger partial charge < -0.3 is 19.7 Å². The maximum absolute atomic E-state index is 14.1. The number of benzene rings is 2. The summed E-state index contributed by atoms with van der Waals surface area (Å²) < 4.78 is 19.5. The second-order valence-electron chi connectivity index (χ2n) is 6.53. The molecule has 0 saturated heterocycles. The third-order valence-electron chi connectivity index (χ3n) is 4.19. The maximum atomic E-state index is 14.1. The van der Waals surface area contributed by atoms with Crippen molar-refractivity contribution >= 4 is 16.9 Å². The van der Waals surface area contributed by atoms with Crippen molar-refractivity contribution in [2.75, 3.05) is 14.1 Å². The Balaban J connectivity index is 2.03. The summed E-state index contributed by atoms with van der Waals surface area (Å²) in [7, 11) is 3.62. The zero-order valence-electron chi connectivity index (χ0n) is 15.0. The topological polar surface area (TPSA) is 65.6 Å². The van der Waals surface area contributed by atoms with Crippen molar-refractivity contribution in [2.45, 2.75) is 20.1 Å². The Morgan fingerprint density at radius 1 is 1.27 bits per heavy atom. The third kappa shape index (κ3) is 3.41. The minimum atomic E-state index is -0.722. The van der Waals surface area contributed by atoms with Crippen LogP contribution in [0.1, 0.15) is 27.2 Å². The number of aromatic hydroxyl groups is 1. The molecule has 136 valence electrons. The van der Waals surface area contributed by atoms with Gasteiger partial charge in [0.1, 0.15) is 6.61 Å². The molecular weight excluding hydrogens is 335 g/mol. The van der Waals surface area contributed by atoms with Gasteiger partial charge in [-0.15, -0.1) is 0 Å². The van der Waals surface area contributed by atoms with E-state index in [4.69, 9.17) is 4.74 Å². The lowest BCUT2D eigenvalue weighted by Gasteiger charge is -2.14. The molecule has 3 rings (SSSR count). The van der Waals surface area contributed by atoms with Gasteiger partial charge in [0.15, 0.2) is 11.6 Å². The van der Waals surface area contributed by atoms with Gasteiger partial charge in [-0.1, -0.05) is 30.3 Å². The van der Waals surface area contributed by atoms with Crippen LogP contribution in [0.4, 0.5) is 4.39 Å². The number of carbonyl (C=O) groups excluding carboxylic acids is 1. The van der Waals surface area contributed by atoms with Crippen LogP contribution in [0.3, 0.4) is 0 Å². The lowest BCUT2D eigenvalue weighted by atomic mass is 10.0. The van der Waals surface area contributed by atoms with Crippen molar-refractivity contribution in [1.82, 2.24) is 9.88 Å². The number of aromatic nitrogens is 1. The number of fused-ring (bicyclic) bond motifs is 1. The molecule has 0 atom stereocenters. The Hall–Kier alpha value is -2.86. The van der Waals surface area contributed by atoms with Crippen LogP contribution in [-0.2, 0) is 17.9 Å². The van der Waals surface area contributed by atoms with Crippen LogP contribution < -0.4 is 0 Å². The Kier molecular flexibility index (Phi) is 4.95. The second-order valence-corrected chi connectivity index (χ2v) is 6.53. The zero-order valence-corrected chi connectivity index (χ0v) is 15.0. The maximum Gasteiger partial charge on any atom is 0.340 e. The predicted octanol–water partition coefficient (Wildman–Crippen LogP) is 3.74. The quantitative estimate of drug-likeness (QED) is 0.684. The number of aromatic amines is 1. The Labute approximate surface area is 151 Å². The van der Waals surface area contributed by atoms with E-state index in [0.29, 0.717) is 27.7 Å². The summed E-state index contributed by atoms with van der Waals surface area (Å²) in [5, 5.41) is 10.7. The van der Waals surface area contributed by atoms with Gasteiger partial charge in [-0.3, -0.25) is 0 Å². The van der Waals surface area contributed by atoms with Gasteiger partial charge in [0.2, 0.25) is 0 Å². The standard InChI is InChI=1S/C20H21FN2O3/c1-12-17(20(25)26-11-13-7-5-4-6-8-13)18-14(10-23(2)3)19(24)15(21)9-16(18)22-12/h4-9,22,24H,10-11H2,1-3H3. The van der Waals surface area contributed by atoms with E-state index in [1.54, 1.807) is 11.8 Å². The Bertz CT molecular complexity index is 949. The van der Waals surface area contributed by atoms with Crippen LogP contribution in [0, 0.1) is 12.7 Å². The van der Waals surface area contributed by atoms with E-state index in [2.05, 4.69) is 4.98 Å². The molecule has 0 aliphatic rings. The van der Waals surface area contributed by atoms with Gasteiger partial charge in [0.25, 0.3) is 0 Å². The third-order valence-corrected chi connectivity index (χ3v) is 4.19. The predicted molar refractivity (Wildman–Crippen MR) is 97.6 cm³/mol. The van der Waals surface area contributed by atoms with E-state index in [-0.39, 0.29) is 13.2 Å². The summed E-state index contributed by atoms with van der Waals surface area (Å²) in [5.41, 5.74) is 2.59. The van der Waals surface area contributed by atoms with Gasteiger partial charge >= 0.3 is 5.97 Å².